The molecule has 0 aromatic carbocycles. The number of carboxylic acid groups (broad SMARTS) is 1. The second-order valence-corrected chi connectivity index (χ2v) is 5.16. The number of aliphatic carboxylic acids is 1. The van der Waals surface area contributed by atoms with E-state index in [1.807, 2.05) is 6.92 Å². The number of carboxylic acids is 1. The van der Waals surface area contributed by atoms with Crippen LogP contribution in [0.2, 0.25) is 0 Å². The molecule has 20 heavy (non-hydrogen) atoms. The average Bonchev–Trinajstić information content (AvgIpc) is 2.42. The molecule has 1 rings (SSSR count). The molecule has 0 heterocycles. The van der Waals surface area contributed by atoms with Crippen molar-refractivity contribution in [2.24, 2.45) is 5.92 Å². The van der Waals surface area contributed by atoms with Gasteiger partial charge < -0.3 is 14.6 Å². The van der Waals surface area contributed by atoms with Gasteiger partial charge in [-0.15, -0.1) is 0 Å². The fourth-order valence-electron chi connectivity index (χ4n) is 1.97. The Labute approximate surface area is 119 Å². The van der Waals surface area contributed by atoms with Crippen LogP contribution >= 0.6 is 0 Å². The van der Waals surface area contributed by atoms with E-state index in [4.69, 9.17) is 14.6 Å². The first-order valence-electron chi connectivity index (χ1n) is 6.77. The molecule has 0 amide bonds. The minimum absolute atomic E-state index is 0.107. The Morgan fingerprint density at radius 2 is 2.25 bits per heavy atom. The molecule has 2 unspecified atom stereocenters. The fraction of sp³-hybridized carbons (Fsp3) is 0.600. The Morgan fingerprint density at radius 1 is 1.55 bits per heavy atom. The minimum atomic E-state index is -0.973. The molecule has 0 saturated heterocycles. The molecule has 0 aliphatic heterocycles. The molecule has 0 fully saturated rings. The van der Waals surface area contributed by atoms with E-state index >= 15 is 0 Å². The summed E-state index contributed by atoms with van der Waals surface area (Å²) in [6, 6.07) is 0. The van der Waals surface area contributed by atoms with Crippen molar-refractivity contribution >= 4 is 11.9 Å². The molecule has 5 heteroatoms. The molecule has 0 radical (unpaired) electrons. The van der Waals surface area contributed by atoms with Gasteiger partial charge in [-0.2, -0.15) is 0 Å². The van der Waals surface area contributed by atoms with E-state index in [2.05, 4.69) is 6.58 Å². The van der Waals surface area contributed by atoms with E-state index < -0.39 is 17.9 Å². The van der Waals surface area contributed by atoms with Crippen molar-refractivity contribution in [1.29, 1.82) is 0 Å². The molecular formula is C15H22O5. The lowest BCUT2D eigenvalue weighted by Gasteiger charge is -2.20. The van der Waals surface area contributed by atoms with Gasteiger partial charge in [-0.25, -0.2) is 4.79 Å². The van der Waals surface area contributed by atoms with Crippen molar-refractivity contribution in [2.45, 2.75) is 39.2 Å². The van der Waals surface area contributed by atoms with Crippen LogP contribution in [0.4, 0.5) is 0 Å². The predicted octanol–water partition coefficient (Wildman–Crippen LogP) is 2.32. The van der Waals surface area contributed by atoms with Gasteiger partial charge in [-0.1, -0.05) is 18.2 Å². The summed E-state index contributed by atoms with van der Waals surface area (Å²) in [5.74, 6) is -2.27. The van der Waals surface area contributed by atoms with Crippen molar-refractivity contribution in [3.05, 3.63) is 23.8 Å². The second-order valence-electron chi connectivity index (χ2n) is 5.16. The van der Waals surface area contributed by atoms with Gasteiger partial charge in [0.2, 0.25) is 0 Å². The highest BCUT2D eigenvalue weighted by Crippen LogP contribution is 2.26. The number of rotatable bonds is 7. The van der Waals surface area contributed by atoms with E-state index in [1.54, 1.807) is 13.0 Å². The summed E-state index contributed by atoms with van der Waals surface area (Å²) in [6.07, 6.45) is 3.41. The number of hydrogen-bond acceptors (Lipinski definition) is 4. The highest BCUT2D eigenvalue weighted by atomic mass is 16.6. The maximum absolute atomic E-state index is 11.9. The monoisotopic (exact) mass is 282 g/mol. The Bertz CT molecular complexity index is 410. The van der Waals surface area contributed by atoms with Gasteiger partial charge >= 0.3 is 11.9 Å². The van der Waals surface area contributed by atoms with Crippen molar-refractivity contribution in [3.8, 4) is 0 Å². The molecule has 1 aliphatic carbocycles. The summed E-state index contributed by atoms with van der Waals surface area (Å²) in [5.41, 5.74) is 1.15. The van der Waals surface area contributed by atoms with Gasteiger partial charge in [0.05, 0.1) is 18.6 Å². The average molecular weight is 282 g/mol. The molecule has 0 bridgehead atoms. The van der Waals surface area contributed by atoms with E-state index in [1.165, 1.54) is 0 Å². The van der Waals surface area contributed by atoms with Crippen LogP contribution in [0.25, 0.3) is 0 Å². The van der Waals surface area contributed by atoms with Crippen molar-refractivity contribution in [1.82, 2.24) is 0 Å². The molecule has 0 spiro atoms. The van der Waals surface area contributed by atoms with Crippen LogP contribution < -0.4 is 0 Å². The standard InChI is InChI=1S/C15H22O5/c1-10(2)8-19-11(3)9-20-15(18)13-7-5-4-6-12(13)14(16)17/h7,11-12H,1,4-6,8-9H2,2-3H3,(H,16,17). The fourth-order valence-corrected chi connectivity index (χ4v) is 1.97. The van der Waals surface area contributed by atoms with Crippen molar-refractivity contribution in [3.63, 3.8) is 0 Å². The quantitative estimate of drug-likeness (QED) is 0.573. The number of carbonyl (C=O) groups excluding carboxylic acids is 1. The molecule has 112 valence electrons. The number of hydrogen-bond donors (Lipinski definition) is 1. The molecule has 0 saturated carbocycles. The molecule has 0 aromatic rings. The van der Waals surface area contributed by atoms with Crippen molar-refractivity contribution < 1.29 is 24.2 Å². The zero-order valence-corrected chi connectivity index (χ0v) is 12.1. The Morgan fingerprint density at radius 3 is 2.85 bits per heavy atom. The Hall–Kier alpha value is -1.62. The van der Waals surface area contributed by atoms with E-state index in [0.717, 1.165) is 18.4 Å². The number of esters is 1. The maximum Gasteiger partial charge on any atom is 0.334 e. The van der Waals surface area contributed by atoms with E-state index in [-0.39, 0.29) is 18.3 Å². The normalized spacial score (nSPS) is 19.9. The molecule has 1 N–H and O–H groups in total. The molecule has 1 aliphatic rings. The Balaban J connectivity index is 2.47. The second kappa shape index (κ2) is 7.85. The third kappa shape index (κ3) is 5.17. The largest absolute Gasteiger partial charge is 0.481 e. The maximum atomic E-state index is 11.9. The Kier molecular flexibility index (Phi) is 6.45. The molecule has 0 aromatic heterocycles. The smallest absolute Gasteiger partial charge is 0.334 e. The van der Waals surface area contributed by atoms with Crippen LogP contribution in [0.5, 0.6) is 0 Å². The number of ether oxygens (including phenoxy) is 2. The highest BCUT2D eigenvalue weighted by molar-refractivity contribution is 5.95. The first kappa shape index (κ1) is 16.4. The van der Waals surface area contributed by atoms with Gasteiger partial charge in [0, 0.05) is 5.57 Å². The molecular weight excluding hydrogens is 260 g/mol. The lowest BCUT2D eigenvalue weighted by atomic mass is 9.88. The van der Waals surface area contributed by atoms with Gasteiger partial charge in [0.1, 0.15) is 6.61 Å². The lowest BCUT2D eigenvalue weighted by Crippen LogP contribution is -2.27. The number of allylic oxidation sites excluding steroid dienone is 1. The summed E-state index contributed by atoms with van der Waals surface area (Å²) in [6.45, 7) is 7.88. The SMILES string of the molecule is C=C(C)COC(C)COC(=O)C1=CCCCC1C(=O)O. The summed E-state index contributed by atoms with van der Waals surface area (Å²) in [5, 5.41) is 9.10. The highest BCUT2D eigenvalue weighted by Gasteiger charge is 2.30. The summed E-state index contributed by atoms with van der Waals surface area (Å²) in [7, 11) is 0. The third-order valence-corrected chi connectivity index (χ3v) is 3.03. The van der Waals surface area contributed by atoms with E-state index in [9.17, 15) is 9.59 Å². The topological polar surface area (TPSA) is 72.8 Å². The van der Waals surface area contributed by atoms with Crippen LogP contribution in [0.15, 0.2) is 23.8 Å². The van der Waals surface area contributed by atoms with Crippen LogP contribution in [0.1, 0.15) is 33.1 Å². The van der Waals surface area contributed by atoms with Crippen LogP contribution in [-0.4, -0.2) is 36.4 Å². The zero-order chi connectivity index (χ0) is 15.1. The molecule has 2 atom stereocenters. The van der Waals surface area contributed by atoms with Gasteiger partial charge in [-0.05, 0) is 33.1 Å². The number of carbonyl (C=O) groups is 2. The molecule has 5 nitrogen and oxygen atoms in total. The summed E-state index contributed by atoms with van der Waals surface area (Å²) >= 11 is 0. The van der Waals surface area contributed by atoms with Crippen LogP contribution in [-0.2, 0) is 19.1 Å². The van der Waals surface area contributed by atoms with Crippen LogP contribution in [0.3, 0.4) is 0 Å². The summed E-state index contributed by atoms with van der Waals surface area (Å²) in [4.78, 5) is 23.0. The predicted molar refractivity (Wildman–Crippen MR) is 74.2 cm³/mol. The van der Waals surface area contributed by atoms with Gasteiger partial charge in [0.25, 0.3) is 0 Å². The first-order valence-corrected chi connectivity index (χ1v) is 6.77. The zero-order valence-electron chi connectivity index (χ0n) is 12.1. The van der Waals surface area contributed by atoms with Gasteiger partial charge in [0.15, 0.2) is 0 Å². The first-order chi connectivity index (χ1) is 9.41. The van der Waals surface area contributed by atoms with Crippen LogP contribution in [0, 0.1) is 5.92 Å². The third-order valence-electron chi connectivity index (χ3n) is 3.03. The minimum Gasteiger partial charge on any atom is -0.481 e. The van der Waals surface area contributed by atoms with Crippen molar-refractivity contribution in [2.75, 3.05) is 13.2 Å². The lowest BCUT2D eigenvalue weighted by molar-refractivity contribution is -0.148. The van der Waals surface area contributed by atoms with E-state index in [0.29, 0.717) is 13.0 Å². The summed E-state index contributed by atoms with van der Waals surface area (Å²) < 4.78 is 10.5. The van der Waals surface area contributed by atoms with Gasteiger partial charge in [-0.3, -0.25) is 4.79 Å².